The summed E-state index contributed by atoms with van der Waals surface area (Å²) in [5, 5.41) is 10.8. The lowest BCUT2D eigenvalue weighted by molar-refractivity contribution is -0.130. The fourth-order valence-corrected chi connectivity index (χ4v) is 3.27. The molecule has 2 aliphatic rings. The van der Waals surface area contributed by atoms with Gasteiger partial charge in [-0.3, -0.25) is 9.69 Å². The first-order valence-corrected chi connectivity index (χ1v) is 8.17. The van der Waals surface area contributed by atoms with Crippen LogP contribution in [0.3, 0.4) is 0 Å². The van der Waals surface area contributed by atoms with Crippen LogP contribution in [-0.4, -0.2) is 45.3 Å². The number of urea groups is 1. The Balaban J connectivity index is 1.75. The zero-order chi connectivity index (χ0) is 17.7. The maximum Gasteiger partial charge on any atom is 0.325 e. The van der Waals surface area contributed by atoms with Crippen molar-refractivity contribution >= 4 is 11.9 Å². The highest BCUT2D eigenvalue weighted by Gasteiger charge is 2.45. The van der Waals surface area contributed by atoms with Gasteiger partial charge in [-0.1, -0.05) is 20.8 Å². The molecule has 8 heteroatoms. The minimum Gasteiger partial charge on any atom is -0.423 e. The lowest BCUT2D eigenvalue weighted by atomic mass is 9.81. The molecule has 0 spiro atoms. The van der Waals surface area contributed by atoms with E-state index in [4.69, 9.17) is 9.15 Å². The number of hydrogen-bond acceptors (Lipinski definition) is 6. The van der Waals surface area contributed by atoms with E-state index < -0.39 is 11.6 Å². The molecule has 3 heterocycles. The number of amides is 3. The second-order valence-electron chi connectivity index (χ2n) is 8.03. The standard InChI is InChI=1S/C16H24N4O4/c1-15(2,3)11-9(6-7-23-11)12-19-18-10(24-12)8-20-13(21)16(4,5)17-14(20)22/h9,11H,6-8H2,1-5H3,(H,17,22)/t9-,11-/m0/s1. The average Bonchev–Trinajstić information content (AvgIpc) is 3.14. The van der Waals surface area contributed by atoms with Gasteiger partial charge in [-0.15, -0.1) is 10.2 Å². The third-order valence-electron chi connectivity index (χ3n) is 4.48. The van der Waals surface area contributed by atoms with Crippen LogP contribution in [0.1, 0.15) is 58.7 Å². The predicted octanol–water partition coefficient (Wildman–Crippen LogP) is 1.82. The molecule has 0 unspecified atom stereocenters. The van der Waals surface area contributed by atoms with E-state index in [1.807, 2.05) is 0 Å². The Bertz CT molecular complexity index is 661. The van der Waals surface area contributed by atoms with Gasteiger partial charge in [0.05, 0.1) is 12.0 Å². The van der Waals surface area contributed by atoms with Crippen LogP contribution in [-0.2, 0) is 16.1 Å². The Morgan fingerprint density at radius 1 is 1.29 bits per heavy atom. The monoisotopic (exact) mass is 336 g/mol. The van der Waals surface area contributed by atoms with Crippen molar-refractivity contribution in [1.29, 1.82) is 0 Å². The molecular weight excluding hydrogens is 312 g/mol. The number of imide groups is 1. The maximum absolute atomic E-state index is 12.2. The molecule has 2 atom stereocenters. The van der Waals surface area contributed by atoms with Crippen LogP contribution in [0.2, 0.25) is 0 Å². The van der Waals surface area contributed by atoms with E-state index in [-0.39, 0.29) is 35.8 Å². The van der Waals surface area contributed by atoms with Crippen LogP contribution < -0.4 is 5.32 Å². The zero-order valence-electron chi connectivity index (χ0n) is 14.8. The molecule has 1 N–H and O–H groups in total. The summed E-state index contributed by atoms with van der Waals surface area (Å²) >= 11 is 0. The quantitative estimate of drug-likeness (QED) is 0.846. The highest BCUT2D eigenvalue weighted by atomic mass is 16.5. The maximum atomic E-state index is 12.2. The second kappa shape index (κ2) is 5.54. The predicted molar refractivity (Wildman–Crippen MR) is 84.0 cm³/mol. The third-order valence-corrected chi connectivity index (χ3v) is 4.48. The van der Waals surface area contributed by atoms with E-state index in [1.165, 1.54) is 0 Å². The van der Waals surface area contributed by atoms with Gasteiger partial charge in [0, 0.05) is 6.61 Å². The van der Waals surface area contributed by atoms with Gasteiger partial charge in [0.2, 0.25) is 11.8 Å². The first kappa shape index (κ1) is 16.9. The van der Waals surface area contributed by atoms with Crippen molar-refractivity contribution in [3.05, 3.63) is 11.8 Å². The van der Waals surface area contributed by atoms with Crippen molar-refractivity contribution in [3.63, 3.8) is 0 Å². The van der Waals surface area contributed by atoms with Crippen LogP contribution >= 0.6 is 0 Å². The summed E-state index contributed by atoms with van der Waals surface area (Å²) < 4.78 is 11.6. The fourth-order valence-electron chi connectivity index (χ4n) is 3.27. The molecule has 1 aromatic rings. The lowest BCUT2D eigenvalue weighted by Crippen LogP contribution is -2.40. The van der Waals surface area contributed by atoms with Crippen molar-refractivity contribution in [3.8, 4) is 0 Å². The van der Waals surface area contributed by atoms with Crippen molar-refractivity contribution in [1.82, 2.24) is 20.4 Å². The van der Waals surface area contributed by atoms with Crippen LogP contribution in [0, 0.1) is 5.41 Å². The smallest absolute Gasteiger partial charge is 0.325 e. The average molecular weight is 336 g/mol. The third kappa shape index (κ3) is 2.90. The number of carbonyl (C=O) groups excluding carboxylic acids is 2. The first-order valence-electron chi connectivity index (χ1n) is 8.17. The molecule has 3 rings (SSSR count). The highest BCUT2D eigenvalue weighted by molar-refractivity contribution is 6.06. The highest BCUT2D eigenvalue weighted by Crippen LogP contribution is 2.40. The molecule has 0 bridgehead atoms. The van der Waals surface area contributed by atoms with Crippen LogP contribution in [0.15, 0.2) is 4.42 Å². The van der Waals surface area contributed by atoms with Gasteiger partial charge in [0.25, 0.3) is 5.91 Å². The molecule has 3 amide bonds. The molecule has 2 saturated heterocycles. The van der Waals surface area contributed by atoms with Gasteiger partial charge >= 0.3 is 6.03 Å². The van der Waals surface area contributed by atoms with Gasteiger partial charge in [0.15, 0.2) is 0 Å². The molecule has 1 aromatic heterocycles. The normalized spacial score (nSPS) is 27.0. The molecule has 24 heavy (non-hydrogen) atoms. The molecule has 0 saturated carbocycles. The fraction of sp³-hybridized carbons (Fsp3) is 0.750. The van der Waals surface area contributed by atoms with Crippen molar-refractivity contribution < 1.29 is 18.7 Å². The Morgan fingerprint density at radius 3 is 2.58 bits per heavy atom. The Morgan fingerprint density at radius 2 is 2.00 bits per heavy atom. The van der Waals surface area contributed by atoms with E-state index in [0.29, 0.717) is 12.5 Å². The number of nitrogens with zero attached hydrogens (tertiary/aromatic N) is 3. The molecule has 132 valence electrons. The van der Waals surface area contributed by atoms with E-state index >= 15 is 0 Å². The zero-order valence-corrected chi connectivity index (χ0v) is 14.8. The Kier molecular flexibility index (Phi) is 3.90. The first-order chi connectivity index (χ1) is 11.1. The summed E-state index contributed by atoms with van der Waals surface area (Å²) in [7, 11) is 0. The number of carbonyl (C=O) groups is 2. The summed E-state index contributed by atoms with van der Waals surface area (Å²) in [4.78, 5) is 25.3. The number of rotatable bonds is 3. The molecular formula is C16H24N4O4. The van der Waals surface area contributed by atoms with Crippen LogP contribution in [0.5, 0.6) is 0 Å². The Hall–Kier alpha value is -1.96. The van der Waals surface area contributed by atoms with Gasteiger partial charge in [0.1, 0.15) is 12.1 Å². The number of aromatic nitrogens is 2. The summed E-state index contributed by atoms with van der Waals surface area (Å²) in [6, 6.07) is -0.443. The summed E-state index contributed by atoms with van der Waals surface area (Å²) in [6.45, 7) is 10.3. The minimum atomic E-state index is -0.906. The minimum absolute atomic E-state index is 0.00134. The van der Waals surface area contributed by atoms with Gasteiger partial charge < -0.3 is 14.5 Å². The number of hydrogen-bond donors (Lipinski definition) is 1. The van der Waals surface area contributed by atoms with Crippen LogP contribution in [0.25, 0.3) is 0 Å². The van der Waals surface area contributed by atoms with Crippen molar-refractivity contribution in [2.45, 2.75) is 65.1 Å². The van der Waals surface area contributed by atoms with Gasteiger partial charge in [-0.05, 0) is 25.7 Å². The molecule has 8 nitrogen and oxygen atoms in total. The summed E-state index contributed by atoms with van der Waals surface area (Å²) in [5.74, 6) is 0.495. The van der Waals surface area contributed by atoms with Gasteiger partial charge in [-0.2, -0.15) is 0 Å². The molecule has 2 fully saturated rings. The Labute approximate surface area is 140 Å². The summed E-state index contributed by atoms with van der Waals surface area (Å²) in [5.41, 5.74) is -0.943. The van der Waals surface area contributed by atoms with Crippen molar-refractivity contribution in [2.75, 3.05) is 6.61 Å². The number of nitrogens with one attached hydrogen (secondary N) is 1. The van der Waals surface area contributed by atoms with Crippen molar-refractivity contribution in [2.24, 2.45) is 5.41 Å². The van der Waals surface area contributed by atoms with E-state index in [9.17, 15) is 9.59 Å². The number of ether oxygens (including phenoxy) is 1. The second-order valence-corrected chi connectivity index (χ2v) is 8.03. The molecule has 0 aliphatic carbocycles. The summed E-state index contributed by atoms with van der Waals surface area (Å²) in [6.07, 6.45) is 0.821. The van der Waals surface area contributed by atoms with Gasteiger partial charge in [-0.25, -0.2) is 4.79 Å². The van der Waals surface area contributed by atoms with E-state index in [2.05, 4.69) is 36.3 Å². The largest absolute Gasteiger partial charge is 0.423 e. The van der Waals surface area contributed by atoms with E-state index in [1.54, 1.807) is 13.8 Å². The van der Waals surface area contributed by atoms with E-state index in [0.717, 1.165) is 11.3 Å². The molecule has 0 radical (unpaired) electrons. The topological polar surface area (TPSA) is 97.6 Å². The lowest BCUT2D eigenvalue weighted by Gasteiger charge is -2.29. The molecule has 0 aromatic carbocycles. The molecule has 2 aliphatic heterocycles. The SMILES string of the molecule is CC1(C)NC(=O)N(Cc2nnc([C@H]3CCO[C@@H]3C(C)(C)C)o2)C1=O. The van der Waals surface area contributed by atoms with Crippen LogP contribution in [0.4, 0.5) is 4.79 Å².